The minimum atomic E-state index is 0.0230. The van der Waals surface area contributed by atoms with Crippen LogP contribution >= 0.6 is 11.3 Å². The molecule has 26 heavy (non-hydrogen) atoms. The van der Waals surface area contributed by atoms with Crippen molar-refractivity contribution in [3.63, 3.8) is 0 Å². The summed E-state index contributed by atoms with van der Waals surface area (Å²) in [5, 5.41) is 13.1. The molecule has 3 heterocycles. The number of hydrogen-bond donors (Lipinski definition) is 1. The van der Waals surface area contributed by atoms with Gasteiger partial charge < -0.3 is 5.11 Å². The summed E-state index contributed by atoms with van der Waals surface area (Å²) in [7, 11) is 0. The molecule has 1 aliphatic heterocycles. The SMILES string of the molecule is OCC1(Cc2ccccc2)CCN(Cc2cccn2-c2nccs2)CC1. The van der Waals surface area contributed by atoms with Crippen molar-refractivity contribution < 1.29 is 5.11 Å². The lowest BCUT2D eigenvalue weighted by Gasteiger charge is -2.41. The molecule has 1 N–H and O–H groups in total. The summed E-state index contributed by atoms with van der Waals surface area (Å²) in [6.45, 7) is 3.25. The number of piperidine rings is 1. The lowest BCUT2D eigenvalue weighted by molar-refractivity contribution is 0.0408. The predicted octanol–water partition coefficient (Wildman–Crippen LogP) is 3.75. The van der Waals surface area contributed by atoms with Crippen LogP contribution in [-0.4, -0.2) is 39.3 Å². The van der Waals surface area contributed by atoms with E-state index in [9.17, 15) is 5.11 Å². The molecule has 0 atom stereocenters. The number of thiazole rings is 1. The topological polar surface area (TPSA) is 41.3 Å². The van der Waals surface area contributed by atoms with Gasteiger partial charge >= 0.3 is 0 Å². The van der Waals surface area contributed by atoms with Gasteiger partial charge in [0.25, 0.3) is 0 Å². The van der Waals surface area contributed by atoms with E-state index in [4.69, 9.17) is 0 Å². The van der Waals surface area contributed by atoms with E-state index in [2.05, 4.69) is 63.1 Å². The standard InChI is InChI=1S/C21H25N3OS/c25-17-21(15-18-5-2-1-3-6-18)8-12-23(13-9-21)16-19-7-4-11-24(19)20-22-10-14-26-20/h1-7,10-11,14,25H,8-9,12-13,15-17H2. The van der Waals surface area contributed by atoms with Crippen LogP contribution in [0.5, 0.6) is 0 Å². The molecule has 0 aliphatic carbocycles. The van der Waals surface area contributed by atoms with Crippen LogP contribution < -0.4 is 0 Å². The van der Waals surface area contributed by atoms with Gasteiger partial charge in [-0.1, -0.05) is 30.3 Å². The molecule has 1 aliphatic rings. The Kier molecular flexibility index (Phi) is 5.20. The van der Waals surface area contributed by atoms with Gasteiger partial charge in [0, 0.05) is 36.6 Å². The van der Waals surface area contributed by atoms with E-state index in [1.807, 2.05) is 11.6 Å². The summed E-state index contributed by atoms with van der Waals surface area (Å²) >= 11 is 1.66. The molecular weight excluding hydrogens is 342 g/mol. The Hall–Kier alpha value is -1.95. The van der Waals surface area contributed by atoms with Crippen LogP contribution in [0.15, 0.2) is 60.2 Å². The average molecular weight is 368 g/mol. The van der Waals surface area contributed by atoms with E-state index in [1.165, 1.54) is 11.3 Å². The molecule has 5 heteroatoms. The quantitative estimate of drug-likeness (QED) is 0.721. The number of hydrogen-bond acceptors (Lipinski definition) is 4. The molecule has 136 valence electrons. The third kappa shape index (κ3) is 3.75. The number of aromatic nitrogens is 2. The van der Waals surface area contributed by atoms with Crippen molar-refractivity contribution in [3.05, 3.63) is 71.5 Å². The molecule has 4 nitrogen and oxygen atoms in total. The van der Waals surface area contributed by atoms with E-state index in [-0.39, 0.29) is 12.0 Å². The van der Waals surface area contributed by atoms with Crippen LogP contribution in [0.4, 0.5) is 0 Å². The average Bonchev–Trinajstić information content (AvgIpc) is 3.36. The molecule has 1 saturated heterocycles. The second kappa shape index (κ2) is 7.74. The summed E-state index contributed by atoms with van der Waals surface area (Å²) in [5.41, 5.74) is 2.63. The van der Waals surface area contributed by atoms with Gasteiger partial charge in [0.2, 0.25) is 0 Å². The number of rotatable bonds is 6. The maximum Gasteiger partial charge on any atom is 0.193 e. The molecule has 4 rings (SSSR count). The molecule has 0 unspecified atom stereocenters. The Morgan fingerprint density at radius 2 is 1.88 bits per heavy atom. The van der Waals surface area contributed by atoms with Crippen LogP contribution in [-0.2, 0) is 13.0 Å². The minimum Gasteiger partial charge on any atom is -0.396 e. The molecular formula is C21H25N3OS. The summed E-state index contributed by atoms with van der Waals surface area (Å²) in [6, 6.07) is 14.8. The maximum absolute atomic E-state index is 10.1. The Morgan fingerprint density at radius 3 is 2.58 bits per heavy atom. The van der Waals surface area contributed by atoms with Crippen molar-refractivity contribution in [2.24, 2.45) is 5.41 Å². The summed E-state index contributed by atoms with van der Waals surface area (Å²) in [5.74, 6) is 0. The molecule has 1 aromatic carbocycles. The Bertz CT molecular complexity index is 805. The largest absolute Gasteiger partial charge is 0.396 e. The van der Waals surface area contributed by atoms with E-state index >= 15 is 0 Å². The molecule has 0 amide bonds. The van der Waals surface area contributed by atoms with Crippen molar-refractivity contribution in [3.8, 4) is 5.13 Å². The molecule has 1 fully saturated rings. The number of aliphatic hydroxyl groups excluding tert-OH is 1. The maximum atomic E-state index is 10.1. The number of aliphatic hydroxyl groups is 1. The van der Waals surface area contributed by atoms with Gasteiger partial charge in [-0.15, -0.1) is 11.3 Å². The first-order valence-electron chi connectivity index (χ1n) is 9.21. The van der Waals surface area contributed by atoms with Crippen molar-refractivity contribution in [1.29, 1.82) is 0 Å². The van der Waals surface area contributed by atoms with Gasteiger partial charge in [0.15, 0.2) is 5.13 Å². The zero-order valence-electron chi connectivity index (χ0n) is 14.9. The second-order valence-electron chi connectivity index (χ2n) is 7.28. The van der Waals surface area contributed by atoms with Crippen LogP contribution in [0, 0.1) is 5.41 Å². The first-order chi connectivity index (χ1) is 12.8. The Balaban J connectivity index is 1.40. The second-order valence-corrected chi connectivity index (χ2v) is 8.15. The van der Waals surface area contributed by atoms with Gasteiger partial charge in [0.05, 0.1) is 0 Å². The van der Waals surface area contributed by atoms with Crippen LogP contribution in [0.3, 0.4) is 0 Å². The highest BCUT2D eigenvalue weighted by Crippen LogP contribution is 2.35. The molecule has 0 radical (unpaired) electrons. The van der Waals surface area contributed by atoms with E-state index in [0.717, 1.165) is 44.0 Å². The van der Waals surface area contributed by atoms with Gasteiger partial charge in [-0.2, -0.15) is 0 Å². The molecule has 0 spiro atoms. The van der Waals surface area contributed by atoms with Gasteiger partial charge in [-0.05, 0) is 55.5 Å². The summed E-state index contributed by atoms with van der Waals surface area (Å²) in [6.07, 6.45) is 6.98. The van der Waals surface area contributed by atoms with E-state index < -0.39 is 0 Å². The fourth-order valence-electron chi connectivity index (χ4n) is 3.90. The van der Waals surface area contributed by atoms with Crippen molar-refractivity contribution in [1.82, 2.24) is 14.5 Å². The minimum absolute atomic E-state index is 0.0230. The number of benzene rings is 1. The van der Waals surface area contributed by atoms with E-state index in [1.54, 1.807) is 11.3 Å². The van der Waals surface area contributed by atoms with Crippen molar-refractivity contribution in [2.45, 2.75) is 25.8 Å². The highest BCUT2D eigenvalue weighted by molar-refractivity contribution is 7.12. The third-order valence-corrected chi connectivity index (χ3v) is 6.29. The van der Waals surface area contributed by atoms with Crippen molar-refractivity contribution in [2.75, 3.05) is 19.7 Å². The molecule has 0 saturated carbocycles. The van der Waals surface area contributed by atoms with Crippen LogP contribution in [0.2, 0.25) is 0 Å². The van der Waals surface area contributed by atoms with E-state index in [0.29, 0.717) is 0 Å². The third-order valence-electron chi connectivity index (χ3n) is 5.52. The molecule has 3 aromatic rings. The zero-order chi connectivity index (χ0) is 17.8. The van der Waals surface area contributed by atoms with Gasteiger partial charge in [-0.3, -0.25) is 9.47 Å². The number of nitrogens with zero attached hydrogens (tertiary/aromatic N) is 3. The Labute approximate surface area is 158 Å². The smallest absolute Gasteiger partial charge is 0.193 e. The first-order valence-corrected chi connectivity index (χ1v) is 10.1. The number of likely N-dealkylation sites (tertiary alicyclic amines) is 1. The first kappa shape index (κ1) is 17.5. The zero-order valence-corrected chi connectivity index (χ0v) is 15.7. The molecule has 0 bridgehead atoms. The van der Waals surface area contributed by atoms with Crippen LogP contribution in [0.1, 0.15) is 24.1 Å². The normalized spacial score (nSPS) is 17.4. The highest BCUT2D eigenvalue weighted by Gasteiger charge is 2.34. The fourth-order valence-corrected chi connectivity index (χ4v) is 4.56. The van der Waals surface area contributed by atoms with Crippen LogP contribution in [0.25, 0.3) is 5.13 Å². The lowest BCUT2D eigenvalue weighted by Crippen LogP contribution is -2.43. The van der Waals surface area contributed by atoms with Gasteiger partial charge in [0.1, 0.15) is 0 Å². The highest BCUT2D eigenvalue weighted by atomic mass is 32.1. The lowest BCUT2D eigenvalue weighted by atomic mass is 9.74. The Morgan fingerprint density at radius 1 is 1.08 bits per heavy atom. The van der Waals surface area contributed by atoms with Gasteiger partial charge in [-0.25, -0.2) is 4.98 Å². The fraction of sp³-hybridized carbons (Fsp3) is 0.381. The van der Waals surface area contributed by atoms with Crippen molar-refractivity contribution >= 4 is 11.3 Å². The summed E-state index contributed by atoms with van der Waals surface area (Å²) in [4.78, 5) is 6.92. The monoisotopic (exact) mass is 367 g/mol. The predicted molar refractivity (Wildman–Crippen MR) is 106 cm³/mol. The summed E-state index contributed by atoms with van der Waals surface area (Å²) < 4.78 is 2.18. The molecule has 2 aromatic heterocycles.